The summed E-state index contributed by atoms with van der Waals surface area (Å²) < 4.78 is 34.7. The molecule has 3 saturated heterocycles. The van der Waals surface area contributed by atoms with Crippen LogP contribution in [0.2, 0.25) is 0 Å². The molecule has 0 aromatic heterocycles. The van der Waals surface area contributed by atoms with Crippen molar-refractivity contribution in [3.05, 3.63) is 11.6 Å². The lowest BCUT2D eigenvalue weighted by Crippen LogP contribution is -2.68. The Balaban J connectivity index is 0.982. The summed E-state index contributed by atoms with van der Waals surface area (Å²) in [5, 5.41) is 130. The van der Waals surface area contributed by atoms with E-state index in [1.54, 1.807) is 0 Å². The minimum Gasteiger partial charge on any atom is -0.432 e. The summed E-state index contributed by atoms with van der Waals surface area (Å²) in [5.41, 5.74) is -1.76. The Morgan fingerprint density at radius 1 is 0.687 bits per heavy atom. The second-order valence-electron chi connectivity index (χ2n) is 23.5. The van der Waals surface area contributed by atoms with E-state index in [9.17, 15) is 66.1 Å². The van der Waals surface area contributed by atoms with Gasteiger partial charge in [-0.3, -0.25) is 4.79 Å². The highest BCUT2D eigenvalue weighted by Crippen LogP contribution is 2.76. The maximum Gasteiger partial charge on any atom is 0.315 e. The highest BCUT2D eigenvalue weighted by Gasteiger charge is 2.71. The number of hydrogen-bond acceptors (Lipinski definition) is 19. The van der Waals surface area contributed by atoms with E-state index in [2.05, 4.69) is 40.7 Å². The van der Waals surface area contributed by atoms with Gasteiger partial charge in [-0.15, -0.1) is 0 Å². The highest BCUT2D eigenvalue weighted by atomic mass is 16.8. The van der Waals surface area contributed by atoms with Crippen LogP contribution in [-0.4, -0.2) is 191 Å². The van der Waals surface area contributed by atoms with Crippen LogP contribution in [0, 0.1) is 50.2 Å². The number of aliphatic hydroxyl groups excluding tert-OH is 12. The molecule has 0 spiro atoms. The Morgan fingerprint density at radius 2 is 1.31 bits per heavy atom. The van der Waals surface area contributed by atoms with E-state index < -0.39 is 134 Å². The molecule has 8 aliphatic rings. The van der Waals surface area contributed by atoms with Gasteiger partial charge in [-0.05, 0) is 104 Å². The van der Waals surface area contributed by atoms with Gasteiger partial charge in [0.2, 0.25) is 6.29 Å². The van der Waals surface area contributed by atoms with E-state index in [-0.39, 0.29) is 46.0 Å². The fraction of sp³-hybridized carbons (Fsp3) is 0.938. The van der Waals surface area contributed by atoms with Crippen LogP contribution < -0.4 is 0 Å². The van der Waals surface area contributed by atoms with Crippen molar-refractivity contribution in [2.45, 2.75) is 211 Å². The third kappa shape index (κ3) is 8.10. The predicted octanol–water partition coefficient (Wildman–Crippen LogP) is -0.889. The number of carbonyl (C=O) groups is 1. The standard InChI is InChI=1S/C48H78O19/c1-21-29(52)31(54)34(57)40(63-21)66-37-25(18-49)64-39(36(59)33(37)56)62-19-26-30(53)32(55)35(58)41(65-26)67-42(61)48-14-12-43(2,3)16-23(48)22-8-9-28-44(4)17-24(51)38(60)45(5,20-50)27(44)10-11-47(28,7)46(22,6)13-15-48/h8,21,23-41,49-60H,9-20H2,1-7H3/t21-,23-,24-,25+,26+,27+,28+,29-,30+,31+,32-,33+,34+,35+,36+,37+,38-,39+,40-,41-,44-,45-,46+,47+,48-/m0/s1. The summed E-state index contributed by atoms with van der Waals surface area (Å²) in [5.74, 6) is -0.715. The van der Waals surface area contributed by atoms with Gasteiger partial charge in [0.1, 0.15) is 67.1 Å². The van der Waals surface area contributed by atoms with Gasteiger partial charge < -0.3 is 89.7 Å². The van der Waals surface area contributed by atoms with Crippen molar-refractivity contribution in [3.63, 3.8) is 0 Å². The molecule has 0 radical (unpaired) electrons. The van der Waals surface area contributed by atoms with E-state index in [0.717, 1.165) is 19.3 Å². The molecule has 384 valence electrons. The molecule has 5 aliphatic carbocycles. The van der Waals surface area contributed by atoms with Gasteiger partial charge in [0.15, 0.2) is 12.6 Å². The SMILES string of the molecule is C[C@@H]1O[C@@H](O[C@H]2[C@H](O)[C@@H](O)[C@H](OC[C@H]3O[C@@H](OC(=O)[C@]45CCC(C)(C)C[C@H]4C4=CC[C@@H]6[C@@]7(C)C[C@H](O)[C@H](O)[C@@](C)(CO)[C@@H]7CC[C@@]6(C)[C@]4(C)CC5)[C@H](O)[C@@H](O)[C@@H]3O)O[C@@H]2CO)[C@H](O)[C@H](O)[C@H]1O. The monoisotopic (exact) mass is 959 g/mol. The highest BCUT2D eigenvalue weighted by molar-refractivity contribution is 5.79. The van der Waals surface area contributed by atoms with Gasteiger partial charge in [-0.2, -0.15) is 0 Å². The normalized spacial score (nSPS) is 55.2. The molecule has 19 nitrogen and oxygen atoms in total. The van der Waals surface area contributed by atoms with E-state index >= 15 is 0 Å². The van der Waals surface area contributed by atoms with Crippen LogP contribution in [0.5, 0.6) is 0 Å². The molecule has 8 rings (SSSR count). The minimum absolute atomic E-state index is 0.0113. The van der Waals surface area contributed by atoms with Gasteiger partial charge in [-0.1, -0.05) is 53.2 Å². The molecule has 3 heterocycles. The minimum atomic E-state index is -1.86. The summed E-state index contributed by atoms with van der Waals surface area (Å²) in [6.45, 7) is 13.0. The van der Waals surface area contributed by atoms with E-state index in [4.69, 9.17) is 28.4 Å². The molecule has 19 heteroatoms. The molecule has 7 fully saturated rings. The lowest BCUT2D eigenvalue weighted by molar-refractivity contribution is -0.361. The quantitative estimate of drug-likeness (QED) is 0.0986. The smallest absolute Gasteiger partial charge is 0.315 e. The van der Waals surface area contributed by atoms with Gasteiger partial charge in [0.25, 0.3) is 0 Å². The topological polar surface area (TPSA) is 315 Å². The maximum atomic E-state index is 15.0. The Labute approximate surface area is 392 Å². The zero-order chi connectivity index (χ0) is 49.1. The summed E-state index contributed by atoms with van der Waals surface area (Å²) in [7, 11) is 0. The molecule has 4 saturated carbocycles. The zero-order valence-electron chi connectivity index (χ0n) is 39.8. The molecule has 12 N–H and O–H groups in total. The molecular weight excluding hydrogens is 881 g/mol. The third-order valence-corrected chi connectivity index (χ3v) is 19.4. The molecule has 0 amide bonds. The molecule has 25 atom stereocenters. The van der Waals surface area contributed by atoms with Crippen LogP contribution in [0.15, 0.2) is 11.6 Å². The molecular formula is C48H78O19. The first-order valence-electron chi connectivity index (χ1n) is 24.4. The van der Waals surface area contributed by atoms with Gasteiger partial charge in [0, 0.05) is 5.41 Å². The van der Waals surface area contributed by atoms with Crippen molar-refractivity contribution in [3.8, 4) is 0 Å². The van der Waals surface area contributed by atoms with Crippen LogP contribution >= 0.6 is 0 Å². The molecule has 0 bridgehead atoms. The number of allylic oxidation sites excluding steroid dienone is 2. The Morgan fingerprint density at radius 3 is 1.99 bits per heavy atom. The van der Waals surface area contributed by atoms with Crippen LogP contribution in [0.3, 0.4) is 0 Å². The van der Waals surface area contributed by atoms with Gasteiger partial charge in [-0.25, -0.2) is 0 Å². The number of esters is 1. The van der Waals surface area contributed by atoms with Gasteiger partial charge in [0.05, 0.1) is 43.5 Å². The van der Waals surface area contributed by atoms with Crippen LogP contribution in [0.4, 0.5) is 0 Å². The number of fused-ring (bicyclic) bond motifs is 7. The lowest BCUT2D eigenvalue weighted by atomic mass is 9.33. The van der Waals surface area contributed by atoms with Crippen molar-refractivity contribution in [1.29, 1.82) is 0 Å². The van der Waals surface area contributed by atoms with Crippen molar-refractivity contribution in [2.24, 2.45) is 50.2 Å². The molecule has 0 aromatic carbocycles. The average Bonchev–Trinajstić information content (AvgIpc) is 3.28. The first-order chi connectivity index (χ1) is 31.2. The van der Waals surface area contributed by atoms with Gasteiger partial charge >= 0.3 is 5.97 Å². The number of aliphatic hydroxyl groups is 12. The van der Waals surface area contributed by atoms with E-state index in [0.29, 0.717) is 38.5 Å². The number of carbonyl (C=O) groups excluding carboxylic acids is 1. The number of ether oxygens (including phenoxy) is 6. The van der Waals surface area contributed by atoms with Crippen LogP contribution in [0.25, 0.3) is 0 Å². The first kappa shape index (κ1) is 51.9. The zero-order valence-corrected chi connectivity index (χ0v) is 39.8. The van der Waals surface area contributed by atoms with Crippen LogP contribution in [0.1, 0.15) is 106 Å². The fourth-order valence-electron chi connectivity index (χ4n) is 15.0. The summed E-state index contributed by atoms with van der Waals surface area (Å²) in [6, 6.07) is 0. The summed E-state index contributed by atoms with van der Waals surface area (Å²) in [6.07, 6.45) is -18.3. The van der Waals surface area contributed by atoms with Crippen molar-refractivity contribution < 1.29 is 94.5 Å². The van der Waals surface area contributed by atoms with Crippen molar-refractivity contribution in [1.82, 2.24) is 0 Å². The van der Waals surface area contributed by atoms with Crippen LogP contribution in [-0.2, 0) is 33.2 Å². The summed E-state index contributed by atoms with van der Waals surface area (Å²) in [4.78, 5) is 15.0. The number of rotatable bonds is 9. The van der Waals surface area contributed by atoms with Crippen molar-refractivity contribution >= 4 is 5.97 Å². The second-order valence-corrected chi connectivity index (χ2v) is 23.5. The molecule has 3 aliphatic heterocycles. The lowest BCUT2D eigenvalue weighted by Gasteiger charge is -2.71. The molecule has 0 unspecified atom stereocenters. The fourth-order valence-corrected chi connectivity index (χ4v) is 15.0. The maximum absolute atomic E-state index is 15.0. The Kier molecular flexibility index (Phi) is 14.1. The van der Waals surface area contributed by atoms with E-state index in [1.807, 2.05) is 6.92 Å². The predicted molar refractivity (Wildman–Crippen MR) is 232 cm³/mol. The average molecular weight is 959 g/mol. The second kappa shape index (κ2) is 18.2. The van der Waals surface area contributed by atoms with E-state index in [1.165, 1.54) is 12.5 Å². The molecule has 67 heavy (non-hydrogen) atoms. The summed E-state index contributed by atoms with van der Waals surface area (Å²) >= 11 is 0. The number of hydrogen-bond donors (Lipinski definition) is 12. The first-order valence-corrected chi connectivity index (χ1v) is 24.4. The molecule has 0 aromatic rings. The largest absolute Gasteiger partial charge is 0.432 e. The Hall–Kier alpha value is -1.47. The van der Waals surface area contributed by atoms with Crippen molar-refractivity contribution in [2.75, 3.05) is 19.8 Å². The Bertz CT molecular complexity index is 1830. The third-order valence-electron chi connectivity index (χ3n) is 19.4.